The van der Waals surface area contributed by atoms with Gasteiger partial charge in [0.25, 0.3) is 5.91 Å². The van der Waals surface area contributed by atoms with Crippen molar-refractivity contribution in [1.29, 1.82) is 0 Å². The van der Waals surface area contributed by atoms with Crippen molar-refractivity contribution < 1.29 is 18.3 Å². The molecule has 0 radical (unpaired) electrons. The predicted molar refractivity (Wildman–Crippen MR) is 68.1 cm³/mol. The van der Waals surface area contributed by atoms with Crippen LogP contribution in [-0.2, 0) is 0 Å². The number of alkyl halides is 2. The molecular formula is C12H8ClF2N3O2. The van der Waals surface area contributed by atoms with Crippen molar-refractivity contribution in [1.82, 2.24) is 9.97 Å². The van der Waals surface area contributed by atoms with Gasteiger partial charge in [-0.25, -0.2) is 4.98 Å². The van der Waals surface area contributed by atoms with Gasteiger partial charge >= 0.3 is 6.61 Å². The summed E-state index contributed by atoms with van der Waals surface area (Å²) in [4.78, 5) is 19.5. The van der Waals surface area contributed by atoms with Crippen molar-refractivity contribution in [3.63, 3.8) is 0 Å². The lowest BCUT2D eigenvalue weighted by atomic mass is 10.2. The highest BCUT2D eigenvalue weighted by Crippen LogP contribution is 2.21. The molecule has 2 aromatic rings. The molecule has 1 aromatic carbocycles. The van der Waals surface area contributed by atoms with Gasteiger partial charge in [-0.15, -0.1) is 0 Å². The van der Waals surface area contributed by atoms with Gasteiger partial charge < -0.3 is 10.1 Å². The van der Waals surface area contributed by atoms with Crippen molar-refractivity contribution in [2.45, 2.75) is 6.61 Å². The lowest BCUT2D eigenvalue weighted by Crippen LogP contribution is -2.15. The highest BCUT2D eigenvalue weighted by molar-refractivity contribution is 6.29. The number of amides is 1. The number of ether oxygens (including phenoxy) is 1. The van der Waals surface area contributed by atoms with E-state index in [0.29, 0.717) is 0 Å². The largest absolute Gasteiger partial charge is 0.434 e. The summed E-state index contributed by atoms with van der Waals surface area (Å²) in [5.74, 6) is -0.776. The van der Waals surface area contributed by atoms with Gasteiger partial charge in [-0.3, -0.25) is 9.78 Å². The normalized spacial score (nSPS) is 10.4. The third-order valence-corrected chi connectivity index (χ3v) is 2.38. The highest BCUT2D eigenvalue weighted by atomic mass is 35.5. The van der Waals surface area contributed by atoms with Crippen LogP contribution in [0.2, 0.25) is 5.15 Å². The summed E-state index contributed by atoms with van der Waals surface area (Å²) in [6.07, 6.45) is 2.57. The van der Waals surface area contributed by atoms with Gasteiger partial charge in [0.05, 0.1) is 18.0 Å². The van der Waals surface area contributed by atoms with Crippen LogP contribution in [0.5, 0.6) is 5.75 Å². The summed E-state index contributed by atoms with van der Waals surface area (Å²) in [6.45, 7) is -3.02. The van der Waals surface area contributed by atoms with Crippen LogP contribution in [0.3, 0.4) is 0 Å². The van der Waals surface area contributed by atoms with Crippen LogP contribution in [0.25, 0.3) is 0 Å². The molecular weight excluding hydrogens is 292 g/mol. The first-order valence-electron chi connectivity index (χ1n) is 5.39. The van der Waals surface area contributed by atoms with E-state index in [0.717, 1.165) is 0 Å². The second kappa shape index (κ2) is 6.25. The number of aromatic nitrogens is 2. The Morgan fingerprint density at radius 3 is 2.75 bits per heavy atom. The smallest absolute Gasteiger partial charge is 0.387 e. The van der Waals surface area contributed by atoms with Crippen LogP contribution in [0.4, 0.5) is 14.6 Å². The molecule has 0 saturated carbocycles. The zero-order valence-electron chi connectivity index (χ0n) is 9.89. The van der Waals surface area contributed by atoms with Crippen LogP contribution in [-0.4, -0.2) is 22.5 Å². The average molecular weight is 300 g/mol. The number of para-hydroxylation sites is 1. The quantitative estimate of drug-likeness (QED) is 0.942. The van der Waals surface area contributed by atoms with E-state index >= 15 is 0 Å². The number of nitrogens with zero attached hydrogens (tertiary/aromatic N) is 2. The fraction of sp³-hybridized carbons (Fsp3) is 0.0833. The standard InChI is InChI=1S/C12H8ClF2N3O2/c13-9-5-16-6-10(17-9)18-11(19)7-3-1-2-4-8(7)20-12(14)15/h1-6,12H,(H,17,18,19). The summed E-state index contributed by atoms with van der Waals surface area (Å²) in [5, 5.41) is 2.49. The maximum atomic E-state index is 12.3. The van der Waals surface area contributed by atoms with Crippen LogP contribution in [0.15, 0.2) is 36.7 Å². The van der Waals surface area contributed by atoms with Crippen LogP contribution >= 0.6 is 11.6 Å². The first kappa shape index (κ1) is 14.1. The molecule has 1 amide bonds. The number of nitrogens with one attached hydrogen (secondary N) is 1. The molecule has 0 saturated heterocycles. The minimum atomic E-state index is -3.02. The molecule has 1 N–H and O–H groups in total. The molecule has 0 aliphatic carbocycles. The molecule has 0 fully saturated rings. The van der Waals surface area contributed by atoms with Crippen LogP contribution in [0, 0.1) is 0 Å². The number of benzene rings is 1. The summed E-state index contributed by atoms with van der Waals surface area (Å²) in [7, 11) is 0. The summed E-state index contributed by atoms with van der Waals surface area (Å²) < 4.78 is 28.8. The molecule has 8 heteroatoms. The van der Waals surface area contributed by atoms with E-state index in [1.807, 2.05) is 0 Å². The Labute approximate surface area is 117 Å². The number of hydrogen-bond acceptors (Lipinski definition) is 4. The van der Waals surface area contributed by atoms with Gasteiger partial charge in [0.1, 0.15) is 10.9 Å². The molecule has 104 valence electrons. The zero-order chi connectivity index (χ0) is 14.5. The van der Waals surface area contributed by atoms with Gasteiger partial charge in [-0.05, 0) is 12.1 Å². The van der Waals surface area contributed by atoms with E-state index in [9.17, 15) is 13.6 Å². The highest BCUT2D eigenvalue weighted by Gasteiger charge is 2.15. The maximum Gasteiger partial charge on any atom is 0.387 e. The number of hydrogen-bond donors (Lipinski definition) is 1. The molecule has 5 nitrogen and oxygen atoms in total. The number of halogens is 3. The molecule has 1 heterocycles. The Kier molecular flexibility index (Phi) is 4.41. The minimum absolute atomic E-state index is 0.0467. The number of carbonyl (C=O) groups is 1. The Morgan fingerprint density at radius 2 is 2.05 bits per heavy atom. The Balaban J connectivity index is 2.21. The molecule has 0 unspecified atom stereocenters. The van der Waals surface area contributed by atoms with Crippen molar-refractivity contribution in [3.05, 3.63) is 47.4 Å². The number of anilines is 1. The summed E-state index contributed by atoms with van der Waals surface area (Å²) in [5.41, 5.74) is -0.0467. The molecule has 1 aromatic heterocycles. The van der Waals surface area contributed by atoms with E-state index < -0.39 is 12.5 Å². The Hall–Kier alpha value is -2.28. The van der Waals surface area contributed by atoms with Crippen molar-refractivity contribution in [2.75, 3.05) is 5.32 Å². The fourth-order valence-electron chi connectivity index (χ4n) is 1.44. The molecule has 0 aliphatic rings. The lowest BCUT2D eigenvalue weighted by molar-refractivity contribution is -0.0501. The van der Waals surface area contributed by atoms with E-state index in [-0.39, 0.29) is 22.3 Å². The van der Waals surface area contributed by atoms with E-state index in [1.54, 1.807) is 0 Å². The van der Waals surface area contributed by atoms with E-state index in [1.165, 1.54) is 36.7 Å². The number of rotatable bonds is 4. The monoisotopic (exact) mass is 299 g/mol. The van der Waals surface area contributed by atoms with Crippen molar-refractivity contribution >= 4 is 23.3 Å². The van der Waals surface area contributed by atoms with Crippen molar-refractivity contribution in [3.8, 4) is 5.75 Å². The topological polar surface area (TPSA) is 64.1 Å². The van der Waals surface area contributed by atoms with E-state index in [4.69, 9.17) is 11.6 Å². The molecule has 20 heavy (non-hydrogen) atoms. The van der Waals surface area contributed by atoms with Gasteiger partial charge in [0, 0.05) is 0 Å². The minimum Gasteiger partial charge on any atom is -0.434 e. The van der Waals surface area contributed by atoms with Crippen LogP contribution < -0.4 is 10.1 Å². The SMILES string of the molecule is O=C(Nc1cncc(Cl)n1)c1ccccc1OC(F)F. The van der Waals surface area contributed by atoms with Gasteiger partial charge in [-0.2, -0.15) is 8.78 Å². The van der Waals surface area contributed by atoms with Gasteiger partial charge in [0.15, 0.2) is 5.82 Å². The van der Waals surface area contributed by atoms with E-state index in [2.05, 4.69) is 20.0 Å². The molecule has 0 atom stereocenters. The third-order valence-electron chi connectivity index (χ3n) is 2.19. The molecule has 0 spiro atoms. The van der Waals surface area contributed by atoms with Gasteiger partial charge in [0.2, 0.25) is 0 Å². The fourth-order valence-corrected chi connectivity index (χ4v) is 1.59. The molecule has 0 bridgehead atoms. The maximum absolute atomic E-state index is 12.3. The average Bonchev–Trinajstić information content (AvgIpc) is 2.38. The third kappa shape index (κ3) is 3.61. The zero-order valence-corrected chi connectivity index (χ0v) is 10.6. The molecule has 2 rings (SSSR count). The summed E-state index contributed by atoms with van der Waals surface area (Å²) in [6, 6.07) is 5.63. The van der Waals surface area contributed by atoms with Gasteiger partial charge in [-0.1, -0.05) is 23.7 Å². The second-order valence-electron chi connectivity index (χ2n) is 3.56. The van der Waals surface area contributed by atoms with Crippen LogP contribution in [0.1, 0.15) is 10.4 Å². The van der Waals surface area contributed by atoms with Crippen molar-refractivity contribution in [2.24, 2.45) is 0 Å². The second-order valence-corrected chi connectivity index (χ2v) is 3.94. The summed E-state index contributed by atoms with van der Waals surface area (Å²) >= 11 is 5.63. The number of carbonyl (C=O) groups excluding carboxylic acids is 1. The first-order chi connectivity index (χ1) is 9.56. The predicted octanol–water partition coefficient (Wildman–Crippen LogP) is 2.98. The Morgan fingerprint density at radius 1 is 1.30 bits per heavy atom. The first-order valence-corrected chi connectivity index (χ1v) is 5.77. The lowest BCUT2D eigenvalue weighted by Gasteiger charge is -2.10. The molecule has 0 aliphatic heterocycles. The Bertz CT molecular complexity index is 625.